The standard InChI is InChI=1S/C16H22ClNO2/c1-12(10-17)11-18(15(19)20-16(3,4)5)14-9-7-6-8-13(14)2/h6-9H,1,10-11H2,2-5H3. The van der Waals surface area contributed by atoms with E-state index in [1.54, 1.807) is 4.90 Å². The van der Waals surface area contributed by atoms with E-state index in [4.69, 9.17) is 16.3 Å². The molecular weight excluding hydrogens is 274 g/mol. The summed E-state index contributed by atoms with van der Waals surface area (Å²) >= 11 is 5.78. The van der Waals surface area contributed by atoms with Gasteiger partial charge in [0.2, 0.25) is 0 Å². The molecule has 0 aliphatic carbocycles. The van der Waals surface area contributed by atoms with Crippen molar-refractivity contribution in [3.8, 4) is 0 Å². The number of carbonyl (C=O) groups is 1. The molecular formula is C16H22ClNO2. The zero-order valence-corrected chi connectivity index (χ0v) is 13.3. The zero-order chi connectivity index (χ0) is 15.3. The normalized spacial score (nSPS) is 11.1. The number of rotatable bonds is 4. The van der Waals surface area contributed by atoms with Crippen LogP contribution in [0, 0.1) is 6.92 Å². The summed E-state index contributed by atoms with van der Waals surface area (Å²) in [6.45, 7) is 11.7. The first-order valence-electron chi connectivity index (χ1n) is 6.53. The van der Waals surface area contributed by atoms with Gasteiger partial charge in [-0.05, 0) is 44.9 Å². The number of nitrogens with zero attached hydrogens (tertiary/aromatic N) is 1. The Balaban J connectivity index is 3.06. The van der Waals surface area contributed by atoms with Crippen molar-refractivity contribution in [2.75, 3.05) is 17.3 Å². The number of ether oxygens (including phenoxy) is 1. The van der Waals surface area contributed by atoms with Crippen molar-refractivity contribution in [2.24, 2.45) is 0 Å². The molecule has 1 rings (SSSR count). The number of amides is 1. The summed E-state index contributed by atoms with van der Waals surface area (Å²) in [6, 6.07) is 7.67. The lowest BCUT2D eigenvalue weighted by molar-refractivity contribution is 0.0583. The lowest BCUT2D eigenvalue weighted by atomic mass is 10.1. The Labute approximate surface area is 126 Å². The van der Waals surface area contributed by atoms with Gasteiger partial charge in [-0.25, -0.2) is 4.79 Å². The lowest BCUT2D eigenvalue weighted by Crippen LogP contribution is -2.38. The molecule has 1 aromatic rings. The molecule has 0 radical (unpaired) electrons. The maximum atomic E-state index is 12.4. The van der Waals surface area contributed by atoms with Crippen LogP contribution >= 0.6 is 11.6 Å². The van der Waals surface area contributed by atoms with Crippen molar-refractivity contribution < 1.29 is 9.53 Å². The van der Waals surface area contributed by atoms with E-state index >= 15 is 0 Å². The number of benzene rings is 1. The molecule has 1 aromatic carbocycles. The van der Waals surface area contributed by atoms with E-state index in [1.807, 2.05) is 52.0 Å². The van der Waals surface area contributed by atoms with Crippen LogP contribution in [0.5, 0.6) is 0 Å². The molecule has 110 valence electrons. The van der Waals surface area contributed by atoms with Crippen LogP contribution < -0.4 is 4.90 Å². The summed E-state index contributed by atoms with van der Waals surface area (Å²) in [5, 5.41) is 0. The Hall–Kier alpha value is -1.48. The molecule has 20 heavy (non-hydrogen) atoms. The summed E-state index contributed by atoms with van der Waals surface area (Å²) in [7, 11) is 0. The van der Waals surface area contributed by atoms with Gasteiger partial charge in [0.1, 0.15) is 5.60 Å². The van der Waals surface area contributed by atoms with E-state index in [1.165, 1.54) is 0 Å². The minimum atomic E-state index is -0.541. The molecule has 0 unspecified atom stereocenters. The fraction of sp³-hybridized carbons (Fsp3) is 0.438. The van der Waals surface area contributed by atoms with E-state index in [-0.39, 0.29) is 0 Å². The Morgan fingerprint density at radius 2 is 1.95 bits per heavy atom. The predicted octanol–water partition coefficient (Wildman–Crippen LogP) is 4.53. The van der Waals surface area contributed by atoms with Crippen LogP contribution in [0.15, 0.2) is 36.4 Å². The van der Waals surface area contributed by atoms with Gasteiger partial charge in [-0.3, -0.25) is 4.90 Å². The number of halogens is 1. The van der Waals surface area contributed by atoms with Crippen LogP contribution in [0.2, 0.25) is 0 Å². The van der Waals surface area contributed by atoms with Gasteiger partial charge in [-0.15, -0.1) is 11.6 Å². The predicted molar refractivity (Wildman–Crippen MR) is 84.6 cm³/mol. The summed E-state index contributed by atoms with van der Waals surface area (Å²) in [5.74, 6) is 0.311. The van der Waals surface area contributed by atoms with Gasteiger partial charge in [0.15, 0.2) is 0 Å². The Bertz CT molecular complexity index is 491. The number of hydrogen-bond acceptors (Lipinski definition) is 2. The van der Waals surface area contributed by atoms with E-state index in [2.05, 4.69) is 6.58 Å². The second-order valence-corrected chi connectivity index (χ2v) is 6.00. The smallest absolute Gasteiger partial charge is 0.415 e. The van der Waals surface area contributed by atoms with Gasteiger partial charge in [-0.2, -0.15) is 0 Å². The maximum Gasteiger partial charge on any atom is 0.415 e. The fourth-order valence-electron chi connectivity index (χ4n) is 1.70. The maximum absolute atomic E-state index is 12.4. The summed E-state index contributed by atoms with van der Waals surface area (Å²) in [6.07, 6.45) is -0.391. The molecule has 0 atom stereocenters. The van der Waals surface area contributed by atoms with Gasteiger partial charge in [0.25, 0.3) is 0 Å². The fourth-order valence-corrected chi connectivity index (χ4v) is 1.78. The number of hydrogen-bond donors (Lipinski definition) is 0. The van der Waals surface area contributed by atoms with Crippen molar-refractivity contribution in [2.45, 2.75) is 33.3 Å². The summed E-state index contributed by atoms with van der Waals surface area (Å²) in [5.41, 5.74) is 2.04. The summed E-state index contributed by atoms with van der Waals surface area (Å²) < 4.78 is 5.46. The highest BCUT2D eigenvalue weighted by Crippen LogP contribution is 2.23. The number of carbonyl (C=O) groups excluding carboxylic acids is 1. The highest BCUT2D eigenvalue weighted by molar-refractivity contribution is 6.19. The van der Waals surface area contributed by atoms with Crippen LogP contribution in [-0.2, 0) is 4.74 Å². The Morgan fingerprint density at radius 3 is 2.45 bits per heavy atom. The monoisotopic (exact) mass is 295 g/mol. The third-order valence-corrected chi connectivity index (χ3v) is 2.97. The van der Waals surface area contributed by atoms with Crippen molar-refractivity contribution in [3.63, 3.8) is 0 Å². The second kappa shape index (κ2) is 6.80. The first kappa shape index (κ1) is 16.6. The molecule has 0 aliphatic heterocycles. The first-order chi connectivity index (χ1) is 9.24. The van der Waals surface area contributed by atoms with Crippen LogP contribution in [-0.4, -0.2) is 24.1 Å². The highest BCUT2D eigenvalue weighted by atomic mass is 35.5. The molecule has 0 fully saturated rings. The third-order valence-electron chi connectivity index (χ3n) is 2.59. The van der Waals surface area contributed by atoms with Crippen LogP contribution in [0.25, 0.3) is 0 Å². The third kappa shape index (κ3) is 4.89. The van der Waals surface area contributed by atoms with Crippen LogP contribution in [0.1, 0.15) is 26.3 Å². The van der Waals surface area contributed by atoms with Crippen LogP contribution in [0.4, 0.5) is 10.5 Å². The molecule has 3 nitrogen and oxygen atoms in total. The molecule has 0 bridgehead atoms. The highest BCUT2D eigenvalue weighted by Gasteiger charge is 2.24. The van der Waals surface area contributed by atoms with E-state index < -0.39 is 11.7 Å². The molecule has 0 N–H and O–H groups in total. The Morgan fingerprint density at radius 1 is 1.35 bits per heavy atom. The topological polar surface area (TPSA) is 29.5 Å². The average Bonchev–Trinajstić information content (AvgIpc) is 2.34. The van der Waals surface area contributed by atoms with Gasteiger partial charge in [-0.1, -0.05) is 24.8 Å². The quantitative estimate of drug-likeness (QED) is 0.603. The molecule has 0 aromatic heterocycles. The van der Waals surface area contributed by atoms with E-state index in [0.717, 1.165) is 16.8 Å². The minimum absolute atomic E-state index is 0.311. The number of para-hydroxylation sites is 1. The molecule has 0 saturated carbocycles. The largest absolute Gasteiger partial charge is 0.443 e. The first-order valence-corrected chi connectivity index (χ1v) is 7.07. The van der Waals surface area contributed by atoms with Gasteiger partial charge in [0, 0.05) is 5.88 Å². The Kier molecular flexibility index (Phi) is 5.63. The van der Waals surface area contributed by atoms with E-state index in [9.17, 15) is 4.79 Å². The molecule has 0 saturated heterocycles. The molecule has 4 heteroatoms. The van der Waals surface area contributed by atoms with Gasteiger partial charge in [0.05, 0.1) is 12.2 Å². The lowest BCUT2D eigenvalue weighted by Gasteiger charge is -2.28. The molecule has 0 heterocycles. The number of anilines is 1. The number of aryl methyl sites for hydroxylation is 1. The van der Waals surface area contributed by atoms with Crippen molar-refractivity contribution in [1.82, 2.24) is 0 Å². The number of alkyl halides is 1. The SMILES string of the molecule is C=C(CCl)CN(C(=O)OC(C)(C)C)c1ccccc1C. The zero-order valence-electron chi connectivity index (χ0n) is 12.6. The van der Waals surface area contributed by atoms with E-state index in [0.29, 0.717) is 12.4 Å². The van der Waals surface area contributed by atoms with Gasteiger partial charge < -0.3 is 4.74 Å². The minimum Gasteiger partial charge on any atom is -0.443 e. The average molecular weight is 296 g/mol. The van der Waals surface area contributed by atoms with Crippen molar-refractivity contribution >= 4 is 23.4 Å². The van der Waals surface area contributed by atoms with Crippen LogP contribution in [0.3, 0.4) is 0 Å². The molecule has 0 spiro atoms. The van der Waals surface area contributed by atoms with Gasteiger partial charge >= 0.3 is 6.09 Å². The van der Waals surface area contributed by atoms with Crippen molar-refractivity contribution in [3.05, 3.63) is 42.0 Å². The van der Waals surface area contributed by atoms with Crippen molar-refractivity contribution in [1.29, 1.82) is 0 Å². The summed E-state index contributed by atoms with van der Waals surface area (Å²) in [4.78, 5) is 14.0. The molecule has 0 aliphatic rings. The second-order valence-electron chi connectivity index (χ2n) is 5.74. The molecule has 1 amide bonds.